The van der Waals surface area contributed by atoms with Gasteiger partial charge in [-0.15, -0.1) is 0 Å². The van der Waals surface area contributed by atoms with Crippen LogP contribution in [0.2, 0.25) is 0 Å². The topological polar surface area (TPSA) is 66.9 Å². The molecule has 134 valence electrons. The fourth-order valence-corrected chi connectivity index (χ4v) is 4.00. The van der Waals surface area contributed by atoms with E-state index in [0.717, 1.165) is 25.7 Å². The van der Waals surface area contributed by atoms with Crippen LogP contribution in [-0.2, 0) is 19.1 Å². The number of hydrogen-bond donors (Lipinski definition) is 0. The lowest BCUT2D eigenvalue weighted by molar-refractivity contribution is -0.144. The fourth-order valence-electron chi connectivity index (χ4n) is 4.00. The summed E-state index contributed by atoms with van der Waals surface area (Å²) in [4.78, 5) is 40.6. The normalized spacial score (nSPS) is 24.5. The second-order valence-corrected chi connectivity index (χ2v) is 7.20. The van der Waals surface area contributed by atoms with Gasteiger partial charge in [0, 0.05) is 31.6 Å². The van der Waals surface area contributed by atoms with Crippen molar-refractivity contribution in [1.82, 2.24) is 9.80 Å². The Labute approximate surface area is 143 Å². The third-order valence-corrected chi connectivity index (χ3v) is 5.41. The highest BCUT2D eigenvalue weighted by atomic mass is 16.5. The van der Waals surface area contributed by atoms with Gasteiger partial charge in [0.25, 0.3) is 0 Å². The van der Waals surface area contributed by atoms with Crippen LogP contribution in [0, 0.1) is 5.92 Å². The van der Waals surface area contributed by atoms with E-state index >= 15 is 0 Å². The highest BCUT2D eigenvalue weighted by molar-refractivity contribution is 5.90. The number of ether oxygens (including phenoxy) is 1. The second-order valence-electron chi connectivity index (χ2n) is 7.20. The molecule has 2 amide bonds. The highest BCUT2D eigenvalue weighted by Gasteiger charge is 2.43. The number of hydrogen-bond acceptors (Lipinski definition) is 4. The summed E-state index contributed by atoms with van der Waals surface area (Å²) in [6.45, 7) is 3.12. The van der Waals surface area contributed by atoms with Crippen LogP contribution in [0.1, 0.15) is 58.3 Å². The molecule has 1 saturated heterocycles. The minimum absolute atomic E-state index is 0.0515. The zero-order valence-corrected chi connectivity index (χ0v) is 14.5. The Morgan fingerprint density at radius 2 is 1.92 bits per heavy atom. The van der Waals surface area contributed by atoms with Gasteiger partial charge < -0.3 is 14.5 Å². The summed E-state index contributed by atoms with van der Waals surface area (Å²) in [7, 11) is 0. The smallest absolute Gasteiger partial charge is 0.307 e. The Kier molecular flexibility index (Phi) is 5.41. The van der Waals surface area contributed by atoms with E-state index in [-0.39, 0.29) is 36.2 Å². The molecule has 0 spiro atoms. The second kappa shape index (κ2) is 7.53. The van der Waals surface area contributed by atoms with E-state index in [1.54, 1.807) is 6.92 Å². The minimum Gasteiger partial charge on any atom is -0.466 e. The third-order valence-electron chi connectivity index (χ3n) is 5.41. The maximum absolute atomic E-state index is 12.9. The number of amides is 2. The number of rotatable bonds is 7. The molecule has 6 nitrogen and oxygen atoms in total. The van der Waals surface area contributed by atoms with Crippen LogP contribution in [0.5, 0.6) is 0 Å². The lowest BCUT2D eigenvalue weighted by Gasteiger charge is -2.27. The first kappa shape index (κ1) is 17.2. The van der Waals surface area contributed by atoms with Gasteiger partial charge in [0.1, 0.15) is 0 Å². The van der Waals surface area contributed by atoms with Crippen LogP contribution in [0.25, 0.3) is 0 Å². The number of likely N-dealkylation sites (tertiary alicyclic amines) is 1. The van der Waals surface area contributed by atoms with Crippen LogP contribution in [-0.4, -0.2) is 59.4 Å². The predicted molar refractivity (Wildman–Crippen MR) is 88.1 cm³/mol. The van der Waals surface area contributed by atoms with Gasteiger partial charge in [0.2, 0.25) is 11.8 Å². The van der Waals surface area contributed by atoms with Crippen LogP contribution in [0.15, 0.2) is 0 Å². The number of nitrogens with zero attached hydrogens (tertiary/aromatic N) is 2. The summed E-state index contributed by atoms with van der Waals surface area (Å²) < 4.78 is 4.96. The molecule has 0 aromatic heterocycles. The molecule has 24 heavy (non-hydrogen) atoms. The molecule has 1 unspecified atom stereocenters. The van der Waals surface area contributed by atoms with E-state index in [1.165, 1.54) is 12.8 Å². The molecule has 0 bridgehead atoms. The summed E-state index contributed by atoms with van der Waals surface area (Å²) >= 11 is 0. The molecule has 0 aromatic carbocycles. The zero-order valence-electron chi connectivity index (χ0n) is 14.5. The van der Waals surface area contributed by atoms with Crippen molar-refractivity contribution >= 4 is 17.8 Å². The molecule has 3 rings (SSSR count). The summed E-state index contributed by atoms with van der Waals surface area (Å²) in [5, 5.41) is 0. The molecule has 0 radical (unpaired) electrons. The van der Waals surface area contributed by atoms with Gasteiger partial charge in [0.15, 0.2) is 0 Å². The molecular formula is C18H28N2O4. The molecule has 1 aliphatic heterocycles. The highest BCUT2D eigenvalue weighted by Crippen LogP contribution is 2.33. The zero-order chi connectivity index (χ0) is 17.1. The van der Waals surface area contributed by atoms with Crippen molar-refractivity contribution in [1.29, 1.82) is 0 Å². The van der Waals surface area contributed by atoms with Gasteiger partial charge >= 0.3 is 5.97 Å². The van der Waals surface area contributed by atoms with Crippen LogP contribution in [0.4, 0.5) is 0 Å². The van der Waals surface area contributed by atoms with E-state index in [4.69, 9.17) is 4.74 Å². The fraction of sp³-hybridized carbons (Fsp3) is 0.833. The van der Waals surface area contributed by atoms with Gasteiger partial charge in [-0.1, -0.05) is 12.8 Å². The maximum Gasteiger partial charge on any atom is 0.307 e. The molecule has 1 atom stereocenters. The van der Waals surface area contributed by atoms with Gasteiger partial charge in [0.05, 0.1) is 18.9 Å². The summed E-state index contributed by atoms with van der Waals surface area (Å²) in [5.74, 6) is -0.316. The first-order valence-electron chi connectivity index (χ1n) is 9.35. The molecule has 3 fully saturated rings. The molecule has 1 heterocycles. The van der Waals surface area contributed by atoms with Crippen molar-refractivity contribution in [3.05, 3.63) is 0 Å². The van der Waals surface area contributed by atoms with Crippen molar-refractivity contribution in [2.45, 2.75) is 70.4 Å². The first-order valence-corrected chi connectivity index (χ1v) is 9.35. The van der Waals surface area contributed by atoms with E-state index in [2.05, 4.69) is 0 Å². The average Bonchev–Trinajstić information content (AvgIpc) is 3.09. The van der Waals surface area contributed by atoms with E-state index in [1.807, 2.05) is 9.80 Å². The average molecular weight is 336 g/mol. The number of esters is 1. The molecule has 0 N–H and O–H groups in total. The Morgan fingerprint density at radius 3 is 2.54 bits per heavy atom. The summed E-state index contributed by atoms with van der Waals surface area (Å²) in [6, 6.07) is 0.590. The van der Waals surface area contributed by atoms with Gasteiger partial charge in [-0.05, 0) is 32.6 Å². The molecule has 2 aliphatic carbocycles. The SMILES string of the molecule is CCOC(=O)CCN(C(=O)C1CC(=O)N(C2CCCC2)C1)C1CC1. The number of carbonyl (C=O) groups excluding carboxylic acids is 3. The predicted octanol–water partition coefficient (Wildman–Crippen LogP) is 1.72. The summed E-state index contributed by atoms with van der Waals surface area (Å²) in [6.07, 6.45) is 7.08. The Morgan fingerprint density at radius 1 is 1.21 bits per heavy atom. The minimum atomic E-state index is -0.258. The van der Waals surface area contributed by atoms with Gasteiger partial charge in [-0.25, -0.2) is 0 Å². The maximum atomic E-state index is 12.9. The number of carbonyl (C=O) groups is 3. The Bertz CT molecular complexity index is 497. The molecule has 0 aromatic rings. The first-order chi connectivity index (χ1) is 11.6. The monoisotopic (exact) mass is 336 g/mol. The Balaban J connectivity index is 1.57. The van der Waals surface area contributed by atoms with E-state index in [9.17, 15) is 14.4 Å². The lowest BCUT2D eigenvalue weighted by Crippen LogP contribution is -2.41. The van der Waals surface area contributed by atoms with Crippen molar-refractivity contribution in [2.75, 3.05) is 19.7 Å². The molecule has 3 aliphatic rings. The molecule has 6 heteroatoms. The van der Waals surface area contributed by atoms with Crippen molar-refractivity contribution in [3.63, 3.8) is 0 Å². The molecule has 2 saturated carbocycles. The van der Waals surface area contributed by atoms with Crippen molar-refractivity contribution in [3.8, 4) is 0 Å². The quantitative estimate of drug-likeness (QED) is 0.664. The van der Waals surface area contributed by atoms with Gasteiger partial charge in [-0.2, -0.15) is 0 Å². The van der Waals surface area contributed by atoms with Gasteiger partial charge in [-0.3, -0.25) is 14.4 Å². The lowest BCUT2D eigenvalue weighted by atomic mass is 10.1. The van der Waals surface area contributed by atoms with E-state index in [0.29, 0.717) is 32.2 Å². The third kappa shape index (κ3) is 3.90. The van der Waals surface area contributed by atoms with E-state index < -0.39 is 0 Å². The Hall–Kier alpha value is -1.59. The van der Waals surface area contributed by atoms with Crippen LogP contribution >= 0.6 is 0 Å². The standard InChI is InChI=1S/C18H28N2O4/c1-2-24-17(22)9-10-19(15-7-8-15)18(23)13-11-16(21)20(12-13)14-5-3-4-6-14/h13-15H,2-12H2,1H3. The van der Waals surface area contributed by atoms with Crippen molar-refractivity contribution in [2.24, 2.45) is 5.92 Å². The largest absolute Gasteiger partial charge is 0.466 e. The van der Waals surface area contributed by atoms with Crippen molar-refractivity contribution < 1.29 is 19.1 Å². The van der Waals surface area contributed by atoms with Crippen LogP contribution < -0.4 is 0 Å². The van der Waals surface area contributed by atoms with Crippen LogP contribution in [0.3, 0.4) is 0 Å². The molecular weight excluding hydrogens is 308 g/mol. The summed E-state index contributed by atoms with van der Waals surface area (Å²) in [5.41, 5.74) is 0.